The summed E-state index contributed by atoms with van der Waals surface area (Å²) in [4.78, 5) is 30.2. The fourth-order valence-corrected chi connectivity index (χ4v) is 3.44. The predicted molar refractivity (Wildman–Crippen MR) is 116 cm³/mol. The summed E-state index contributed by atoms with van der Waals surface area (Å²) < 4.78 is 7.03. The number of nitrogens with one attached hydrogen (secondary N) is 3. The molecule has 0 unspecified atom stereocenters. The van der Waals surface area contributed by atoms with Crippen LogP contribution in [0.25, 0.3) is 11.7 Å². The van der Waals surface area contributed by atoms with Crippen molar-refractivity contribution >= 4 is 17.7 Å². The maximum Gasteiger partial charge on any atom is 0.326 e. The van der Waals surface area contributed by atoms with Crippen LogP contribution in [0.4, 0.5) is 5.95 Å². The van der Waals surface area contributed by atoms with Crippen LogP contribution < -0.4 is 26.6 Å². The van der Waals surface area contributed by atoms with Crippen LogP contribution in [0.3, 0.4) is 0 Å². The maximum absolute atomic E-state index is 11.5. The molecule has 0 bridgehead atoms. The smallest absolute Gasteiger partial charge is 0.326 e. The van der Waals surface area contributed by atoms with Crippen LogP contribution in [0.1, 0.15) is 37.1 Å². The first-order chi connectivity index (χ1) is 15.5. The first-order valence-corrected chi connectivity index (χ1v) is 10.2. The summed E-state index contributed by atoms with van der Waals surface area (Å²) in [6, 6.07) is 7.84. The van der Waals surface area contributed by atoms with E-state index in [0.717, 1.165) is 24.2 Å². The maximum atomic E-state index is 11.5. The van der Waals surface area contributed by atoms with E-state index >= 15 is 0 Å². The van der Waals surface area contributed by atoms with Gasteiger partial charge in [-0.2, -0.15) is 19.6 Å². The molecule has 3 aromatic heterocycles. The normalized spacial score (nSPS) is 15.9. The highest BCUT2D eigenvalue weighted by Crippen LogP contribution is 2.26. The number of fused-ring (bicyclic) bond motifs is 1. The van der Waals surface area contributed by atoms with Gasteiger partial charge in [-0.25, -0.2) is 9.79 Å². The van der Waals surface area contributed by atoms with Crippen molar-refractivity contribution in [1.29, 1.82) is 0 Å². The fraction of sp³-hybridized carbons (Fsp3) is 0.286. The quantitative estimate of drug-likeness (QED) is 0.348. The number of methoxy groups -OCH3 is 1. The third-order valence-corrected chi connectivity index (χ3v) is 5.21. The van der Waals surface area contributed by atoms with Crippen LogP contribution in [0, 0.1) is 0 Å². The number of anilines is 1. The highest BCUT2D eigenvalue weighted by atomic mass is 16.5. The van der Waals surface area contributed by atoms with Crippen LogP contribution in [-0.4, -0.2) is 47.8 Å². The molecule has 32 heavy (non-hydrogen) atoms. The van der Waals surface area contributed by atoms with E-state index in [2.05, 4.69) is 35.3 Å². The molecule has 4 N–H and O–H groups in total. The minimum atomic E-state index is -0.503. The molecule has 0 saturated heterocycles. The van der Waals surface area contributed by atoms with Crippen LogP contribution in [0.15, 0.2) is 40.2 Å². The Morgan fingerprint density at radius 1 is 1.31 bits per heavy atom. The molecule has 11 heteroatoms. The summed E-state index contributed by atoms with van der Waals surface area (Å²) in [6.07, 6.45) is 5.22. The average molecular weight is 434 g/mol. The van der Waals surface area contributed by atoms with Crippen molar-refractivity contribution in [3.05, 3.63) is 63.0 Å². The molecule has 164 valence electrons. The van der Waals surface area contributed by atoms with Crippen molar-refractivity contribution in [1.82, 2.24) is 29.5 Å². The number of ether oxygens (including phenoxy) is 1. The van der Waals surface area contributed by atoms with Crippen LogP contribution in [0.2, 0.25) is 0 Å². The highest BCUT2D eigenvalue weighted by Gasteiger charge is 2.21. The molecule has 0 aliphatic heterocycles. The van der Waals surface area contributed by atoms with E-state index in [1.54, 1.807) is 23.9 Å². The number of nitrogens with zero attached hydrogens (tertiary/aromatic N) is 5. The summed E-state index contributed by atoms with van der Waals surface area (Å²) in [5.74, 6) is 0.897. The minimum absolute atomic E-state index is 0.136. The van der Waals surface area contributed by atoms with Gasteiger partial charge in [0.2, 0.25) is 11.8 Å². The number of imidazole rings is 1. The van der Waals surface area contributed by atoms with E-state index in [-0.39, 0.29) is 23.7 Å². The summed E-state index contributed by atoms with van der Waals surface area (Å²) in [5.41, 5.74) is 1.64. The van der Waals surface area contributed by atoms with Gasteiger partial charge in [0.15, 0.2) is 5.65 Å². The molecular formula is C21H22N8O3. The molecule has 1 saturated carbocycles. The molecular weight excluding hydrogens is 412 g/mol. The van der Waals surface area contributed by atoms with Crippen molar-refractivity contribution < 1.29 is 9.84 Å². The Hall–Kier alpha value is -4.15. The van der Waals surface area contributed by atoms with Crippen molar-refractivity contribution in [3.8, 4) is 11.6 Å². The Labute approximate surface area is 181 Å². The topological polar surface area (TPSA) is 146 Å². The number of hydrogen-bond acceptors (Lipinski definition) is 8. The second kappa shape index (κ2) is 7.84. The van der Waals surface area contributed by atoms with E-state index in [9.17, 15) is 9.90 Å². The third kappa shape index (κ3) is 3.80. The second-order valence-corrected chi connectivity index (χ2v) is 7.64. The van der Waals surface area contributed by atoms with Gasteiger partial charge in [0.1, 0.15) is 11.4 Å². The zero-order valence-electron chi connectivity index (χ0n) is 17.5. The van der Waals surface area contributed by atoms with E-state index in [0.29, 0.717) is 22.4 Å². The molecule has 3 heterocycles. The molecule has 1 atom stereocenters. The van der Waals surface area contributed by atoms with Gasteiger partial charge >= 0.3 is 5.69 Å². The predicted octanol–water partition coefficient (Wildman–Crippen LogP) is 0.639. The zero-order chi connectivity index (χ0) is 22.2. The van der Waals surface area contributed by atoms with Crippen molar-refractivity contribution in [2.75, 3.05) is 12.4 Å². The fourth-order valence-electron chi connectivity index (χ4n) is 3.44. The van der Waals surface area contributed by atoms with Gasteiger partial charge in [0.25, 0.3) is 5.62 Å². The first-order valence-electron chi connectivity index (χ1n) is 10.2. The first kappa shape index (κ1) is 19.8. The molecule has 1 aliphatic carbocycles. The number of aromatic nitrogens is 6. The lowest BCUT2D eigenvalue weighted by molar-refractivity contribution is 0.408. The molecule has 0 amide bonds. The number of para-hydroxylation sites is 1. The molecule has 4 aromatic rings. The van der Waals surface area contributed by atoms with E-state index in [4.69, 9.17) is 4.74 Å². The largest absolute Gasteiger partial charge is 0.496 e. The summed E-state index contributed by atoms with van der Waals surface area (Å²) in [6.45, 7) is 2.00. The Morgan fingerprint density at radius 3 is 2.84 bits per heavy atom. The number of benzene rings is 1. The number of rotatable bonds is 6. The Kier molecular flexibility index (Phi) is 4.85. The van der Waals surface area contributed by atoms with Gasteiger partial charge in [-0.15, -0.1) is 0 Å². The lowest BCUT2D eigenvalue weighted by Gasteiger charge is -2.17. The Morgan fingerprint density at radius 2 is 2.12 bits per heavy atom. The third-order valence-electron chi connectivity index (χ3n) is 5.21. The van der Waals surface area contributed by atoms with Gasteiger partial charge < -0.3 is 20.1 Å². The molecule has 1 aliphatic rings. The standard InChI is InChI=1S/C21H22N8O3/c1-11(14-5-3-4-6-16(14)32-2)23-19-26-17-12(9-15-18(30)27-21(31)25-15)10-22-29(17)20(28-19)24-13-7-8-13/h3-6,9-11,13,30H,7-8H2,1-2H3,(H,23,24,28)(H2,25,27,31)/b12-9+/t11-/m0/s1. The molecule has 5 rings (SSSR count). The second-order valence-electron chi connectivity index (χ2n) is 7.64. The molecule has 0 spiro atoms. The van der Waals surface area contributed by atoms with Gasteiger partial charge in [-0.1, -0.05) is 18.2 Å². The Balaban J connectivity index is 1.62. The zero-order valence-corrected chi connectivity index (χ0v) is 17.5. The number of aromatic amines is 2. The van der Waals surface area contributed by atoms with Crippen LogP contribution in [-0.2, 0) is 0 Å². The van der Waals surface area contributed by atoms with Crippen molar-refractivity contribution in [2.45, 2.75) is 31.8 Å². The average Bonchev–Trinajstić information content (AvgIpc) is 3.42. The van der Waals surface area contributed by atoms with Gasteiger partial charge in [-0.3, -0.25) is 4.98 Å². The number of aromatic hydroxyl groups is 1. The number of H-pyrrole nitrogens is 2. The number of hydrogen-bond donors (Lipinski definition) is 4. The van der Waals surface area contributed by atoms with Crippen LogP contribution >= 0.6 is 0 Å². The SMILES string of the molecule is COc1ccccc1[C@H](C)Nc1nc(=NC2CC2)n2nc/c(=C\c3[nH]c(=O)[nH]c3O)c2n1. The molecule has 0 radical (unpaired) electrons. The van der Waals surface area contributed by atoms with Gasteiger partial charge in [0.05, 0.1) is 25.4 Å². The summed E-state index contributed by atoms with van der Waals surface area (Å²) in [5, 5.41) is 18.2. The molecule has 11 nitrogen and oxygen atoms in total. The van der Waals surface area contributed by atoms with E-state index in [1.165, 1.54) is 0 Å². The lowest BCUT2D eigenvalue weighted by atomic mass is 10.1. The molecule has 1 aromatic carbocycles. The molecule has 1 fully saturated rings. The van der Waals surface area contributed by atoms with E-state index < -0.39 is 5.69 Å². The summed E-state index contributed by atoms with van der Waals surface area (Å²) >= 11 is 0. The van der Waals surface area contributed by atoms with Gasteiger partial charge in [-0.05, 0) is 31.9 Å². The van der Waals surface area contributed by atoms with Crippen molar-refractivity contribution in [3.63, 3.8) is 0 Å². The van der Waals surface area contributed by atoms with Crippen LogP contribution in [0.5, 0.6) is 11.6 Å². The van der Waals surface area contributed by atoms with Gasteiger partial charge in [0, 0.05) is 10.8 Å². The highest BCUT2D eigenvalue weighted by molar-refractivity contribution is 5.57. The van der Waals surface area contributed by atoms with Crippen molar-refractivity contribution in [2.24, 2.45) is 4.99 Å². The van der Waals surface area contributed by atoms with E-state index in [1.807, 2.05) is 31.2 Å². The minimum Gasteiger partial charge on any atom is -0.496 e. The Bertz CT molecular complexity index is 1460. The summed E-state index contributed by atoms with van der Waals surface area (Å²) in [7, 11) is 1.63. The lowest BCUT2D eigenvalue weighted by Crippen LogP contribution is -2.25. The monoisotopic (exact) mass is 434 g/mol.